The van der Waals surface area contributed by atoms with Crippen LogP contribution in [0, 0.1) is 0 Å². The van der Waals surface area contributed by atoms with Crippen LogP contribution in [-0.2, 0) is 19.0 Å². The molecule has 2 N–H and O–H groups in total. The lowest BCUT2D eigenvalue weighted by atomic mass is 10.2. The summed E-state index contributed by atoms with van der Waals surface area (Å²) >= 11 is 0. The quantitative estimate of drug-likeness (QED) is 0.513. The lowest BCUT2D eigenvalue weighted by molar-refractivity contribution is -0.148. The first-order chi connectivity index (χ1) is 7.87. The van der Waals surface area contributed by atoms with Gasteiger partial charge in [0, 0.05) is 13.7 Å². The molecule has 0 saturated heterocycles. The third-order valence-electron chi connectivity index (χ3n) is 2.03. The minimum atomic E-state index is -0.570. The van der Waals surface area contributed by atoms with Crippen molar-refractivity contribution in [3.8, 4) is 0 Å². The Kier molecular flexibility index (Phi) is 8.12. The summed E-state index contributed by atoms with van der Waals surface area (Å²) in [6.07, 6.45) is 1.33. The normalized spacial score (nSPS) is 13.5. The molecule has 102 valence electrons. The Bertz CT molecular complexity index is 213. The topological polar surface area (TPSA) is 70.8 Å². The Labute approximate surface area is 104 Å². The minimum absolute atomic E-state index is 0.215. The molecule has 17 heavy (non-hydrogen) atoms. The van der Waals surface area contributed by atoms with Gasteiger partial charge in [0.05, 0.1) is 12.2 Å². The number of nitrogens with two attached hydrogens (primary N) is 1. The molecule has 5 heteroatoms. The van der Waals surface area contributed by atoms with Crippen LogP contribution in [-0.4, -0.2) is 44.5 Å². The average Bonchev–Trinajstić information content (AvgIpc) is 2.23. The molecule has 0 fully saturated rings. The maximum atomic E-state index is 11.4. The van der Waals surface area contributed by atoms with E-state index in [2.05, 4.69) is 0 Å². The van der Waals surface area contributed by atoms with Crippen LogP contribution in [0.5, 0.6) is 0 Å². The first-order valence-corrected chi connectivity index (χ1v) is 5.92. The summed E-state index contributed by atoms with van der Waals surface area (Å²) in [5, 5.41) is 0. The summed E-state index contributed by atoms with van der Waals surface area (Å²) in [5.74, 6) is -0.376. The van der Waals surface area contributed by atoms with Gasteiger partial charge in [-0.05, 0) is 33.6 Å². The molecule has 1 unspecified atom stereocenters. The predicted molar refractivity (Wildman–Crippen MR) is 65.7 cm³/mol. The fourth-order valence-corrected chi connectivity index (χ4v) is 1.16. The molecule has 0 aromatic carbocycles. The highest BCUT2D eigenvalue weighted by atomic mass is 16.6. The van der Waals surface area contributed by atoms with Gasteiger partial charge in [-0.1, -0.05) is 0 Å². The summed E-state index contributed by atoms with van der Waals surface area (Å²) in [4.78, 5) is 11.4. The van der Waals surface area contributed by atoms with Gasteiger partial charge < -0.3 is 19.9 Å². The van der Waals surface area contributed by atoms with Crippen molar-refractivity contribution in [2.45, 2.75) is 45.3 Å². The molecule has 0 aliphatic rings. The van der Waals surface area contributed by atoms with Gasteiger partial charge in [-0.25, -0.2) is 0 Å². The van der Waals surface area contributed by atoms with E-state index < -0.39 is 6.04 Å². The first-order valence-electron chi connectivity index (χ1n) is 5.92. The molecule has 0 saturated carbocycles. The number of rotatable bonds is 8. The summed E-state index contributed by atoms with van der Waals surface area (Å²) in [7, 11) is 1.62. The van der Waals surface area contributed by atoms with E-state index in [0.29, 0.717) is 19.6 Å². The zero-order chi connectivity index (χ0) is 13.3. The first kappa shape index (κ1) is 16.4. The van der Waals surface area contributed by atoms with E-state index in [-0.39, 0.29) is 18.2 Å². The largest absolute Gasteiger partial charge is 0.462 e. The third-order valence-corrected chi connectivity index (χ3v) is 2.03. The summed E-state index contributed by atoms with van der Waals surface area (Å²) < 4.78 is 15.3. The summed E-state index contributed by atoms with van der Waals surface area (Å²) in [6, 6.07) is -0.570. The number of carbonyl (C=O) groups is 1. The molecule has 0 radical (unpaired) electrons. The number of hydrogen-bond acceptors (Lipinski definition) is 5. The minimum Gasteiger partial charge on any atom is -0.462 e. The van der Waals surface area contributed by atoms with Gasteiger partial charge in [0.15, 0.2) is 0 Å². The van der Waals surface area contributed by atoms with Crippen LogP contribution in [0.3, 0.4) is 0 Å². The molecule has 0 spiro atoms. The van der Waals surface area contributed by atoms with Crippen molar-refractivity contribution in [1.82, 2.24) is 0 Å². The van der Waals surface area contributed by atoms with Crippen molar-refractivity contribution < 1.29 is 19.0 Å². The highest BCUT2D eigenvalue weighted by molar-refractivity contribution is 5.75. The Morgan fingerprint density at radius 1 is 1.24 bits per heavy atom. The average molecular weight is 247 g/mol. The van der Waals surface area contributed by atoms with Crippen LogP contribution >= 0.6 is 0 Å². The van der Waals surface area contributed by atoms with Crippen LogP contribution < -0.4 is 5.73 Å². The summed E-state index contributed by atoms with van der Waals surface area (Å²) in [6.45, 7) is 7.09. The lowest BCUT2D eigenvalue weighted by Gasteiger charge is -2.19. The van der Waals surface area contributed by atoms with E-state index in [9.17, 15) is 4.79 Å². The lowest BCUT2D eigenvalue weighted by Crippen LogP contribution is -2.33. The van der Waals surface area contributed by atoms with Gasteiger partial charge in [0.2, 0.25) is 0 Å². The van der Waals surface area contributed by atoms with Crippen LogP contribution in [0.2, 0.25) is 0 Å². The predicted octanol–water partition coefficient (Wildman–Crippen LogP) is 1.10. The van der Waals surface area contributed by atoms with Gasteiger partial charge >= 0.3 is 5.97 Å². The molecule has 5 nitrogen and oxygen atoms in total. The van der Waals surface area contributed by atoms with Crippen molar-refractivity contribution in [2.75, 3.05) is 26.9 Å². The molecule has 0 heterocycles. The molecule has 1 atom stereocenters. The van der Waals surface area contributed by atoms with Crippen molar-refractivity contribution in [3.05, 3.63) is 0 Å². The van der Waals surface area contributed by atoms with E-state index in [4.69, 9.17) is 19.9 Å². The zero-order valence-electron chi connectivity index (χ0n) is 11.3. The number of carbonyl (C=O) groups excluding carboxylic acids is 1. The van der Waals surface area contributed by atoms with Crippen molar-refractivity contribution in [2.24, 2.45) is 5.73 Å². The second-order valence-electron chi connectivity index (χ2n) is 4.87. The maximum Gasteiger partial charge on any atom is 0.322 e. The second-order valence-corrected chi connectivity index (χ2v) is 4.87. The van der Waals surface area contributed by atoms with Crippen molar-refractivity contribution in [3.63, 3.8) is 0 Å². The number of hydrogen-bond donors (Lipinski definition) is 1. The van der Waals surface area contributed by atoms with Crippen LogP contribution in [0.1, 0.15) is 33.6 Å². The molecular weight excluding hydrogens is 222 g/mol. The number of methoxy groups -OCH3 is 1. The van der Waals surface area contributed by atoms with E-state index in [1.54, 1.807) is 7.11 Å². The van der Waals surface area contributed by atoms with E-state index in [1.165, 1.54) is 0 Å². The highest BCUT2D eigenvalue weighted by Crippen LogP contribution is 2.06. The molecule has 0 rings (SSSR count). The molecule has 0 amide bonds. The van der Waals surface area contributed by atoms with Gasteiger partial charge in [0.25, 0.3) is 0 Å². The van der Waals surface area contributed by atoms with E-state index in [1.807, 2.05) is 20.8 Å². The van der Waals surface area contributed by atoms with Gasteiger partial charge in [-0.3, -0.25) is 4.79 Å². The Balaban J connectivity index is 3.57. The van der Waals surface area contributed by atoms with Gasteiger partial charge in [0.1, 0.15) is 12.6 Å². The van der Waals surface area contributed by atoms with Gasteiger partial charge in [-0.2, -0.15) is 0 Å². The van der Waals surface area contributed by atoms with Crippen LogP contribution in [0.15, 0.2) is 0 Å². The number of ether oxygens (including phenoxy) is 3. The second kappa shape index (κ2) is 8.44. The molecule has 0 aromatic rings. The smallest absolute Gasteiger partial charge is 0.322 e. The maximum absolute atomic E-state index is 11.4. The van der Waals surface area contributed by atoms with E-state index >= 15 is 0 Å². The van der Waals surface area contributed by atoms with Gasteiger partial charge in [-0.15, -0.1) is 0 Å². The van der Waals surface area contributed by atoms with E-state index in [0.717, 1.165) is 6.42 Å². The fraction of sp³-hybridized carbons (Fsp3) is 0.917. The van der Waals surface area contributed by atoms with Crippen LogP contribution in [0.25, 0.3) is 0 Å². The monoisotopic (exact) mass is 247 g/mol. The fourth-order valence-electron chi connectivity index (χ4n) is 1.16. The Morgan fingerprint density at radius 2 is 1.88 bits per heavy atom. The third kappa shape index (κ3) is 10.2. The standard InChI is InChI=1S/C12H25NO4/c1-12(2,3)17-9-8-16-11(14)10(13)6-5-7-15-4/h10H,5-9,13H2,1-4H3. The Morgan fingerprint density at radius 3 is 2.41 bits per heavy atom. The SMILES string of the molecule is COCCCC(N)C(=O)OCCOC(C)(C)C. The molecular formula is C12H25NO4. The van der Waals surface area contributed by atoms with Crippen LogP contribution in [0.4, 0.5) is 0 Å². The molecule has 0 aromatic heterocycles. The Hall–Kier alpha value is -0.650. The summed E-state index contributed by atoms with van der Waals surface area (Å²) in [5.41, 5.74) is 5.44. The zero-order valence-corrected chi connectivity index (χ0v) is 11.3. The number of esters is 1. The van der Waals surface area contributed by atoms with Crippen molar-refractivity contribution >= 4 is 5.97 Å². The molecule has 0 aliphatic carbocycles. The van der Waals surface area contributed by atoms with Crippen molar-refractivity contribution in [1.29, 1.82) is 0 Å². The molecule has 0 bridgehead atoms. The highest BCUT2D eigenvalue weighted by Gasteiger charge is 2.15. The molecule has 0 aliphatic heterocycles.